The second-order valence-corrected chi connectivity index (χ2v) is 0.0833. The number of rotatable bonds is 0. The van der Waals surface area contributed by atoms with E-state index < -0.39 is 0 Å². The topological polar surface area (TPSA) is 97.1 Å². The van der Waals surface area contributed by atoms with Gasteiger partial charge in [0.25, 0.3) is 0 Å². The molecular weight excluding hydrogens is 76.0 g/mol. The summed E-state index contributed by atoms with van der Waals surface area (Å²) in [5.74, 6) is 0. The van der Waals surface area contributed by atoms with Gasteiger partial charge in [-0.15, -0.1) is 0 Å². The van der Waals surface area contributed by atoms with Crippen molar-refractivity contribution in [3.05, 3.63) is 0 Å². The smallest absolute Gasteiger partial charge is 0.373 e. The van der Waals surface area contributed by atoms with Crippen molar-refractivity contribution >= 4 is 6.15 Å². The first-order chi connectivity index (χ1) is 1.41. The van der Waals surface area contributed by atoms with Crippen LogP contribution in [0.25, 0.3) is 0 Å². The van der Waals surface area contributed by atoms with Crippen LogP contribution < -0.4 is 0 Å². The molecule has 0 aromatic heterocycles. The van der Waals surface area contributed by atoms with E-state index in [9.17, 15) is 0 Å². The average Bonchev–Trinajstić information content (AvgIpc) is 0.918. The maximum atomic E-state index is 8.12. The lowest BCUT2D eigenvalue weighted by molar-refractivity contribution is -0.191. The molecule has 0 radical (unpaired) electrons. The fraction of sp³-hybridized carbons (Fsp3) is 0. The second kappa shape index (κ2) is 194. The normalized spacial score (nSPS) is 1.60. The molecule has 0 unspecified atom stereocenters. The van der Waals surface area contributed by atoms with Crippen molar-refractivity contribution in [2.45, 2.75) is 0 Å². The minimum absolute atomic E-state index is 0. The van der Waals surface area contributed by atoms with Crippen LogP contribution in [0.15, 0.2) is 0 Å². The molecule has 0 aliphatic carbocycles. The second-order valence-electron chi connectivity index (χ2n) is 0.0833. The Hall–Kier alpha value is -0.700. The van der Waals surface area contributed by atoms with Gasteiger partial charge in [-0.1, -0.05) is 0 Å². The number of hydrogen-bond acceptors (Lipinski definition) is 2. The van der Waals surface area contributed by atoms with Crippen molar-refractivity contribution < 1.29 is 20.5 Å². The Balaban J connectivity index is -0.0000000200. The van der Waals surface area contributed by atoms with Gasteiger partial charge in [-0.05, 0) is 0 Å². The van der Waals surface area contributed by atoms with Gasteiger partial charge in [-0.25, -0.2) is 0 Å². The van der Waals surface area contributed by atoms with Crippen molar-refractivity contribution in [2.24, 2.45) is 0 Å². The minimum Gasteiger partial charge on any atom is -0.412 e. The van der Waals surface area contributed by atoms with E-state index in [1.54, 1.807) is 0 Å². The van der Waals surface area contributed by atoms with Crippen LogP contribution in [-0.2, 0) is 9.59 Å². The molecule has 0 fully saturated rings. The summed E-state index contributed by atoms with van der Waals surface area (Å²) in [6, 6.07) is 0. The molecule has 0 aliphatic heterocycles. The quantitative estimate of drug-likeness (QED) is 0.329. The zero-order valence-electron chi connectivity index (χ0n) is 2.32. The molecule has 0 aromatic carbocycles. The molecule has 4 nitrogen and oxygen atoms in total. The van der Waals surface area contributed by atoms with Crippen LogP contribution in [0.5, 0.6) is 0 Å². The monoisotopic (exact) mass is 80.0 g/mol. The molecule has 0 aliphatic rings. The van der Waals surface area contributed by atoms with Gasteiger partial charge in [-0.2, -0.15) is 9.59 Å². The Labute approximate surface area is 28.0 Å². The first-order valence-electron chi connectivity index (χ1n) is 0.408. The van der Waals surface area contributed by atoms with Crippen LogP contribution in [-0.4, -0.2) is 17.1 Å². The van der Waals surface area contributed by atoms with Crippen molar-refractivity contribution in [1.29, 1.82) is 0 Å². The molecule has 0 heterocycles. The van der Waals surface area contributed by atoms with E-state index >= 15 is 0 Å². The van der Waals surface area contributed by atoms with E-state index in [1.165, 1.54) is 0 Å². The average molecular weight is 80.0 g/mol. The van der Waals surface area contributed by atoms with E-state index in [-0.39, 0.29) is 17.1 Å². The zero-order valence-corrected chi connectivity index (χ0v) is 2.32. The fourth-order valence-corrected chi connectivity index (χ4v) is 0. The molecule has 0 aromatic rings. The van der Waals surface area contributed by atoms with Crippen molar-refractivity contribution in [2.75, 3.05) is 0 Å². The van der Waals surface area contributed by atoms with Crippen molar-refractivity contribution in [3.8, 4) is 0 Å². The van der Waals surface area contributed by atoms with Gasteiger partial charge in [0, 0.05) is 0 Å². The third kappa shape index (κ3) is 11.4. The third-order valence-electron chi connectivity index (χ3n) is 0. The molecule has 4 heteroatoms. The Morgan fingerprint density at radius 1 is 1.00 bits per heavy atom. The summed E-state index contributed by atoms with van der Waals surface area (Å²) in [7, 11) is 0. The maximum Gasteiger partial charge on any atom is 0.373 e. The number of hydrogen-bond donors (Lipinski definition) is 0. The highest BCUT2D eigenvalue weighted by Gasteiger charge is 1.13. The Kier molecular flexibility index (Phi) is 1070. The van der Waals surface area contributed by atoms with Gasteiger partial charge in [0.1, 0.15) is 0 Å². The molecule has 5 heavy (non-hydrogen) atoms. The Morgan fingerprint density at radius 3 is 1.00 bits per heavy atom. The van der Waals surface area contributed by atoms with E-state index in [0.717, 1.165) is 0 Å². The van der Waals surface area contributed by atoms with E-state index in [1.807, 2.05) is 0 Å². The van der Waals surface area contributed by atoms with Crippen LogP contribution >= 0.6 is 0 Å². The van der Waals surface area contributed by atoms with Crippen LogP contribution in [0.1, 0.15) is 0 Å². The molecule has 0 saturated heterocycles. The van der Waals surface area contributed by atoms with Crippen LogP contribution in [0.2, 0.25) is 0 Å². The van der Waals surface area contributed by atoms with Gasteiger partial charge < -0.3 is 11.0 Å². The molecule has 0 rings (SSSR count). The number of carbonyl (C=O) groups excluding carboxylic acids is 2. The van der Waals surface area contributed by atoms with Gasteiger partial charge >= 0.3 is 6.15 Å². The first kappa shape index (κ1) is 27.7. The van der Waals surface area contributed by atoms with Crippen LogP contribution in [0.4, 0.5) is 0 Å². The Bertz CT molecular complexity index is 24.6. The van der Waals surface area contributed by atoms with Gasteiger partial charge in [-0.3, -0.25) is 0 Å². The summed E-state index contributed by atoms with van der Waals surface area (Å²) in [5.41, 5.74) is 0. The van der Waals surface area contributed by atoms with Crippen LogP contribution in [0.3, 0.4) is 0 Å². The summed E-state index contributed by atoms with van der Waals surface area (Å²) in [5, 5.41) is 0. The largest absolute Gasteiger partial charge is 0.412 e. The molecule has 0 spiro atoms. The van der Waals surface area contributed by atoms with Crippen LogP contribution in [0, 0.1) is 0 Å². The van der Waals surface area contributed by atoms with Crippen molar-refractivity contribution in [3.63, 3.8) is 0 Å². The minimum atomic E-state index is 0. The summed E-state index contributed by atoms with van der Waals surface area (Å²) < 4.78 is 0. The predicted molar refractivity (Wildman–Crippen MR) is 12.2 cm³/mol. The maximum absolute atomic E-state index is 8.12. The standard InChI is InChI=1S/CO2.2H2O/c2-1-3;;/h;2*1H2. The van der Waals surface area contributed by atoms with Gasteiger partial charge in [0.05, 0.1) is 0 Å². The van der Waals surface area contributed by atoms with Gasteiger partial charge in [0.2, 0.25) is 0 Å². The highest BCUT2D eigenvalue weighted by atomic mass is 16.2. The summed E-state index contributed by atoms with van der Waals surface area (Å²) in [6.45, 7) is 0. The van der Waals surface area contributed by atoms with Crippen molar-refractivity contribution in [1.82, 2.24) is 0 Å². The zero-order chi connectivity index (χ0) is 2.71. The summed E-state index contributed by atoms with van der Waals surface area (Å²) >= 11 is 0. The summed E-state index contributed by atoms with van der Waals surface area (Å²) in [6.07, 6.45) is 0.250. The Morgan fingerprint density at radius 2 is 1.00 bits per heavy atom. The summed E-state index contributed by atoms with van der Waals surface area (Å²) in [4.78, 5) is 16.2. The van der Waals surface area contributed by atoms with E-state index in [0.29, 0.717) is 0 Å². The highest BCUT2D eigenvalue weighted by Crippen LogP contribution is 0.787. The highest BCUT2D eigenvalue weighted by molar-refractivity contribution is 5.20. The predicted octanol–water partition coefficient (Wildman–Crippen LogP) is -2.23. The molecular formula is CH4O4. The van der Waals surface area contributed by atoms with E-state index in [4.69, 9.17) is 9.59 Å². The molecule has 0 amide bonds. The van der Waals surface area contributed by atoms with E-state index in [2.05, 4.69) is 0 Å². The fourth-order valence-electron chi connectivity index (χ4n) is 0. The lowest BCUT2D eigenvalue weighted by atomic mass is 11.8. The first-order valence-corrected chi connectivity index (χ1v) is 0.408. The van der Waals surface area contributed by atoms with Gasteiger partial charge in [0.15, 0.2) is 0 Å². The third-order valence-corrected chi connectivity index (χ3v) is 0. The molecule has 0 bridgehead atoms. The molecule has 0 saturated carbocycles. The lowest BCUT2D eigenvalue weighted by Crippen LogP contribution is -1.22. The molecule has 32 valence electrons. The SMILES string of the molecule is O.O.O=C=O. The lowest BCUT2D eigenvalue weighted by Gasteiger charge is -0.945. The molecule has 0 atom stereocenters. The molecule has 4 N–H and O–H groups in total.